The van der Waals surface area contributed by atoms with E-state index >= 15 is 0 Å². The van der Waals surface area contributed by atoms with Crippen LogP contribution in [0.2, 0.25) is 39.3 Å². The van der Waals surface area contributed by atoms with E-state index in [0.717, 1.165) is 0 Å². The third-order valence-electron chi connectivity index (χ3n) is 1.74. The van der Waals surface area contributed by atoms with Gasteiger partial charge in [-0.15, -0.1) is 0 Å². The summed E-state index contributed by atoms with van der Waals surface area (Å²) >= 11 is 3.46. The highest BCUT2D eigenvalue weighted by Crippen LogP contribution is 2.21. The van der Waals surface area contributed by atoms with Crippen molar-refractivity contribution in [1.82, 2.24) is 4.98 Å². The number of carbonyl (C=O) groups is 1. The molecule has 0 aliphatic carbocycles. The van der Waals surface area contributed by atoms with Gasteiger partial charge in [-0.1, -0.05) is 35.6 Å². The van der Waals surface area contributed by atoms with Crippen molar-refractivity contribution in [2.24, 2.45) is 0 Å². The van der Waals surface area contributed by atoms with Gasteiger partial charge in [0.25, 0.3) is 0 Å². The van der Waals surface area contributed by atoms with Crippen LogP contribution in [0.1, 0.15) is 6.92 Å². The molecule has 1 unspecified atom stereocenters. The molecule has 0 aromatic heterocycles. The van der Waals surface area contributed by atoms with Gasteiger partial charge in [0.2, 0.25) is 5.91 Å². The van der Waals surface area contributed by atoms with Crippen LogP contribution in [0.4, 0.5) is 0 Å². The maximum Gasteiger partial charge on any atom is 0.231 e. The van der Waals surface area contributed by atoms with E-state index in [1.165, 1.54) is 0 Å². The van der Waals surface area contributed by atoms with Gasteiger partial charge in [0.05, 0.1) is 6.61 Å². The van der Waals surface area contributed by atoms with Crippen LogP contribution in [0.3, 0.4) is 0 Å². The summed E-state index contributed by atoms with van der Waals surface area (Å²) in [5, 5.41) is 0. The van der Waals surface area contributed by atoms with Crippen molar-refractivity contribution in [3.63, 3.8) is 0 Å². The van der Waals surface area contributed by atoms with Gasteiger partial charge in [-0.2, -0.15) is 0 Å². The number of halogens is 1. The van der Waals surface area contributed by atoms with Crippen LogP contribution in [0.5, 0.6) is 0 Å². The van der Waals surface area contributed by atoms with Gasteiger partial charge in [-0.25, -0.2) is 0 Å². The predicted molar refractivity (Wildman–Crippen MR) is 78.1 cm³/mol. The Morgan fingerprint density at radius 1 is 1.25 bits per heavy atom. The molecule has 0 aromatic rings. The summed E-state index contributed by atoms with van der Waals surface area (Å²) in [6.45, 7) is 15.0. The largest absolute Gasteiger partial charge is 0.416 e. The minimum atomic E-state index is -1.58. The molecule has 0 rings (SSSR count). The van der Waals surface area contributed by atoms with Crippen molar-refractivity contribution in [2.45, 2.75) is 50.5 Å². The van der Waals surface area contributed by atoms with Crippen molar-refractivity contribution >= 4 is 38.4 Å². The fraction of sp³-hybridized carbons (Fsp3) is 0.900. The topological polar surface area (TPSA) is 38.3 Å². The molecule has 0 saturated heterocycles. The summed E-state index contributed by atoms with van der Waals surface area (Å²) in [6.07, 6.45) is 0. The zero-order valence-corrected chi connectivity index (χ0v) is 15.0. The van der Waals surface area contributed by atoms with E-state index in [1.807, 2.05) is 6.92 Å². The number of nitrogens with one attached hydrogen (secondary N) is 1. The number of rotatable bonds is 5. The van der Waals surface area contributed by atoms with E-state index in [9.17, 15) is 4.79 Å². The molecule has 0 aliphatic rings. The zero-order chi connectivity index (χ0) is 13.2. The van der Waals surface area contributed by atoms with Crippen LogP contribution >= 0.6 is 15.9 Å². The molecule has 0 heterocycles. The van der Waals surface area contributed by atoms with Crippen molar-refractivity contribution in [1.29, 1.82) is 0 Å². The quantitative estimate of drug-likeness (QED) is 0.623. The van der Waals surface area contributed by atoms with E-state index in [4.69, 9.17) is 4.43 Å². The van der Waals surface area contributed by atoms with E-state index in [-0.39, 0.29) is 5.91 Å². The third kappa shape index (κ3) is 7.59. The van der Waals surface area contributed by atoms with E-state index in [0.29, 0.717) is 6.61 Å². The molecule has 0 spiro atoms. The number of carbonyl (C=O) groups excluding carboxylic acids is 1. The first-order chi connectivity index (χ1) is 6.83. The molecule has 3 nitrogen and oxygen atoms in total. The van der Waals surface area contributed by atoms with Gasteiger partial charge in [-0.3, -0.25) is 4.79 Å². The van der Waals surface area contributed by atoms with Crippen LogP contribution in [0, 0.1) is 0 Å². The Bertz CT molecular complexity index is 257. The lowest BCUT2D eigenvalue weighted by atomic mass is 10.2. The molecule has 0 fully saturated rings. The maximum atomic E-state index is 12.0. The fourth-order valence-corrected chi connectivity index (χ4v) is 3.18. The Hall–Kier alpha value is 0.344. The summed E-state index contributed by atoms with van der Waals surface area (Å²) in [4.78, 5) is 15.1. The Kier molecular flexibility index (Phi) is 5.44. The smallest absolute Gasteiger partial charge is 0.231 e. The summed E-state index contributed by atoms with van der Waals surface area (Å²) < 4.78 is 5.16. The van der Waals surface area contributed by atoms with Crippen LogP contribution < -0.4 is 4.98 Å². The summed E-state index contributed by atoms with van der Waals surface area (Å²) in [6, 6.07) is 0. The second kappa shape index (κ2) is 5.33. The first-order valence-corrected chi connectivity index (χ1v) is 13.2. The minimum Gasteiger partial charge on any atom is -0.416 e. The molecule has 0 aromatic carbocycles. The van der Waals surface area contributed by atoms with E-state index in [2.05, 4.69) is 60.2 Å². The molecule has 0 aliphatic heterocycles. The average molecular weight is 326 g/mol. The summed E-state index contributed by atoms with van der Waals surface area (Å²) in [7, 11) is -3.15. The van der Waals surface area contributed by atoms with Crippen molar-refractivity contribution < 1.29 is 9.22 Å². The predicted octanol–water partition coefficient (Wildman–Crippen LogP) is 2.94. The van der Waals surface area contributed by atoms with E-state index in [1.54, 1.807) is 0 Å². The fourth-order valence-electron chi connectivity index (χ4n) is 0.888. The molecule has 0 radical (unpaired) electrons. The van der Waals surface area contributed by atoms with Gasteiger partial charge in [0, 0.05) is 0 Å². The molecule has 1 N–H and O–H groups in total. The number of hydrogen-bond acceptors (Lipinski definition) is 2. The van der Waals surface area contributed by atoms with Crippen LogP contribution in [-0.2, 0) is 9.22 Å². The Morgan fingerprint density at radius 3 is 2.00 bits per heavy atom. The first kappa shape index (κ1) is 16.3. The zero-order valence-electron chi connectivity index (χ0n) is 11.4. The monoisotopic (exact) mass is 325 g/mol. The standard InChI is InChI=1S/C10H24BrNO2Si2/c1-10(11,8-14-16(5,6)7)9(13)12-15(2,3)4/h8H2,1-7H3,(H,12,13). The van der Waals surface area contributed by atoms with Gasteiger partial charge in [0.1, 0.15) is 12.6 Å². The molecule has 96 valence electrons. The van der Waals surface area contributed by atoms with Gasteiger partial charge < -0.3 is 9.41 Å². The lowest BCUT2D eigenvalue weighted by Crippen LogP contribution is -2.54. The van der Waals surface area contributed by atoms with E-state index < -0.39 is 20.9 Å². The average Bonchev–Trinajstić information content (AvgIpc) is 1.96. The normalized spacial score (nSPS) is 16.8. The Balaban J connectivity index is 4.38. The highest BCUT2D eigenvalue weighted by molar-refractivity contribution is 9.10. The molecule has 6 heteroatoms. The first-order valence-electron chi connectivity index (χ1n) is 5.49. The highest BCUT2D eigenvalue weighted by atomic mass is 79.9. The third-order valence-corrected chi connectivity index (χ3v) is 4.31. The molecule has 16 heavy (non-hydrogen) atoms. The summed E-state index contributed by atoms with van der Waals surface area (Å²) in [5.74, 6) is 0.0323. The lowest BCUT2D eigenvalue weighted by Gasteiger charge is -2.29. The van der Waals surface area contributed by atoms with Crippen molar-refractivity contribution in [2.75, 3.05) is 6.61 Å². The number of amides is 1. The van der Waals surface area contributed by atoms with Crippen LogP contribution in [0.25, 0.3) is 0 Å². The molecule has 1 amide bonds. The molecular formula is C10H24BrNO2Si2. The highest BCUT2D eigenvalue weighted by Gasteiger charge is 2.34. The SMILES string of the molecule is CC(Br)(CO[Si](C)(C)C)C(=O)N[Si](C)(C)C. The molecule has 1 atom stereocenters. The minimum absolute atomic E-state index is 0.0323. The number of alkyl halides is 1. The van der Waals surface area contributed by atoms with Gasteiger partial charge in [0.15, 0.2) is 8.32 Å². The molecule has 0 bridgehead atoms. The van der Waals surface area contributed by atoms with Crippen LogP contribution in [0.15, 0.2) is 0 Å². The summed E-state index contributed by atoms with van der Waals surface area (Å²) in [5.41, 5.74) is 0. The number of hydrogen-bond donors (Lipinski definition) is 1. The van der Waals surface area contributed by atoms with Gasteiger partial charge in [-0.05, 0) is 26.6 Å². The Labute approximate surface area is 110 Å². The maximum absolute atomic E-state index is 12.0. The lowest BCUT2D eigenvalue weighted by molar-refractivity contribution is -0.122. The van der Waals surface area contributed by atoms with Crippen LogP contribution in [-0.4, -0.2) is 33.4 Å². The van der Waals surface area contributed by atoms with Crippen molar-refractivity contribution in [3.8, 4) is 0 Å². The molecular weight excluding hydrogens is 302 g/mol. The Morgan fingerprint density at radius 2 is 1.69 bits per heavy atom. The van der Waals surface area contributed by atoms with Crippen molar-refractivity contribution in [3.05, 3.63) is 0 Å². The second-order valence-electron chi connectivity index (χ2n) is 6.30. The van der Waals surface area contributed by atoms with Gasteiger partial charge >= 0.3 is 0 Å². The molecule has 0 saturated carbocycles. The second-order valence-corrected chi connectivity index (χ2v) is 17.3.